The topological polar surface area (TPSA) is 42.4 Å². The lowest BCUT2D eigenvalue weighted by atomic mass is 10.0. The van der Waals surface area contributed by atoms with Crippen LogP contribution in [0.4, 0.5) is 0 Å². The molecule has 1 aromatic heterocycles. The molecule has 20 heavy (non-hydrogen) atoms. The van der Waals surface area contributed by atoms with Crippen LogP contribution in [0.5, 0.6) is 5.75 Å². The van der Waals surface area contributed by atoms with Crippen LogP contribution < -0.4 is 4.74 Å². The lowest BCUT2D eigenvalue weighted by Crippen LogP contribution is -2.07. The molecule has 0 spiro atoms. The van der Waals surface area contributed by atoms with Gasteiger partial charge in [0.15, 0.2) is 0 Å². The number of hydrogen-bond acceptors (Lipinski definition) is 3. The molecule has 3 nitrogen and oxygen atoms in total. The van der Waals surface area contributed by atoms with Gasteiger partial charge in [0.2, 0.25) is 0 Å². The number of pyridine rings is 1. The van der Waals surface area contributed by atoms with Crippen molar-refractivity contribution in [2.45, 2.75) is 26.4 Å². The molecule has 0 saturated heterocycles. The van der Waals surface area contributed by atoms with E-state index in [1.54, 1.807) is 13.3 Å². The smallest absolute Gasteiger partial charge is 0.119 e. The minimum atomic E-state index is -0.626. The highest BCUT2D eigenvalue weighted by molar-refractivity contribution is 9.10. The fourth-order valence-corrected chi connectivity index (χ4v) is 2.62. The number of halogens is 1. The third-order valence-corrected chi connectivity index (χ3v) is 4.01. The Kier molecular flexibility index (Phi) is 4.78. The Labute approximate surface area is 127 Å². The number of benzene rings is 1. The van der Waals surface area contributed by atoms with Crippen LogP contribution in [0.1, 0.15) is 28.5 Å². The van der Waals surface area contributed by atoms with E-state index in [0.29, 0.717) is 6.42 Å². The normalized spacial score (nSPS) is 12.2. The number of aliphatic hydroxyl groups is 1. The minimum absolute atomic E-state index is 0.495. The molecule has 0 aliphatic rings. The Morgan fingerprint density at radius 2 is 2.05 bits per heavy atom. The fraction of sp³-hybridized carbons (Fsp3) is 0.312. The van der Waals surface area contributed by atoms with Crippen molar-refractivity contribution in [3.05, 3.63) is 57.3 Å². The van der Waals surface area contributed by atoms with E-state index in [1.165, 1.54) is 0 Å². The summed E-state index contributed by atoms with van der Waals surface area (Å²) in [5, 5.41) is 10.4. The summed E-state index contributed by atoms with van der Waals surface area (Å²) in [5.74, 6) is 0.781. The molecule has 0 bridgehead atoms. The largest absolute Gasteiger partial charge is 0.497 e. The van der Waals surface area contributed by atoms with Crippen molar-refractivity contribution in [1.29, 1.82) is 0 Å². The highest BCUT2D eigenvalue weighted by Crippen LogP contribution is 2.27. The predicted octanol–water partition coefficient (Wildman–Crippen LogP) is 3.75. The van der Waals surface area contributed by atoms with Gasteiger partial charge in [0, 0.05) is 17.1 Å². The second-order valence-electron chi connectivity index (χ2n) is 4.89. The van der Waals surface area contributed by atoms with Crippen molar-refractivity contribution < 1.29 is 9.84 Å². The van der Waals surface area contributed by atoms with E-state index in [-0.39, 0.29) is 0 Å². The van der Waals surface area contributed by atoms with Crippen molar-refractivity contribution in [3.8, 4) is 5.75 Å². The first kappa shape index (κ1) is 15.0. The van der Waals surface area contributed by atoms with E-state index in [2.05, 4.69) is 20.9 Å². The molecule has 0 amide bonds. The number of hydrogen-bond donors (Lipinski definition) is 1. The first-order valence-corrected chi connectivity index (χ1v) is 7.24. The molecule has 0 saturated carbocycles. The summed E-state index contributed by atoms with van der Waals surface area (Å²) < 4.78 is 6.18. The average Bonchev–Trinajstić information content (AvgIpc) is 2.41. The van der Waals surface area contributed by atoms with Gasteiger partial charge in [-0.3, -0.25) is 4.98 Å². The first-order chi connectivity index (χ1) is 9.51. The Balaban J connectivity index is 2.25. The van der Waals surface area contributed by atoms with E-state index in [0.717, 1.165) is 32.6 Å². The van der Waals surface area contributed by atoms with Gasteiger partial charge in [-0.2, -0.15) is 0 Å². The second kappa shape index (κ2) is 6.37. The van der Waals surface area contributed by atoms with E-state index in [9.17, 15) is 5.11 Å². The molecule has 2 rings (SSSR count). The maximum atomic E-state index is 10.4. The molecule has 106 valence electrons. The first-order valence-electron chi connectivity index (χ1n) is 6.45. The maximum Gasteiger partial charge on any atom is 0.119 e. The van der Waals surface area contributed by atoms with Crippen LogP contribution in [0.15, 0.2) is 34.9 Å². The molecule has 1 aromatic carbocycles. The summed E-state index contributed by atoms with van der Waals surface area (Å²) in [4.78, 5) is 4.35. The Morgan fingerprint density at radius 3 is 2.70 bits per heavy atom. The molecular weight excluding hydrogens is 318 g/mol. The van der Waals surface area contributed by atoms with Gasteiger partial charge >= 0.3 is 0 Å². The van der Waals surface area contributed by atoms with Crippen LogP contribution in [0.3, 0.4) is 0 Å². The van der Waals surface area contributed by atoms with E-state index < -0.39 is 6.10 Å². The van der Waals surface area contributed by atoms with Gasteiger partial charge in [-0.15, -0.1) is 0 Å². The number of nitrogens with zero attached hydrogens (tertiary/aromatic N) is 1. The number of aromatic nitrogens is 1. The van der Waals surface area contributed by atoms with Gasteiger partial charge in [-0.25, -0.2) is 0 Å². The quantitative estimate of drug-likeness (QED) is 0.925. The number of aryl methyl sites for hydroxylation is 2. The molecule has 1 N–H and O–H groups in total. The SMILES string of the molecule is COc1ccc(Br)c(CC(O)c2ncc(C)cc2C)c1. The van der Waals surface area contributed by atoms with Gasteiger partial charge in [0.25, 0.3) is 0 Å². The van der Waals surface area contributed by atoms with Crippen LogP contribution in [-0.4, -0.2) is 17.2 Å². The zero-order chi connectivity index (χ0) is 14.7. The van der Waals surface area contributed by atoms with Gasteiger partial charge in [-0.1, -0.05) is 22.0 Å². The number of ether oxygens (including phenoxy) is 1. The standard InChI is InChI=1S/C16H18BrNO2/c1-10-6-11(2)16(18-9-10)15(19)8-12-7-13(20-3)4-5-14(12)17/h4-7,9,15,19H,8H2,1-3H3. The van der Waals surface area contributed by atoms with E-state index >= 15 is 0 Å². The number of rotatable bonds is 4. The Bertz CT molecular complexity index is 613. The van der Waals surface area contributed by atoms with Crippen LogP contribution >= 0.6 is 15.9 Å². The molecule has 1 atom stereocenters. The second-order valence-corrected chi connectivity index (χ2v) is 5.75. The fourth-order valence-electron chi connectivity index (χ4n) is 2.21. The molecule has 4 heteroatoms. The van der Waals surface area contributed by atoms with E-state index in [4.69, 9.17) is 4.74 Å². The molecule has 1 heterocycles. The average molecular weight is 336 g/mol. The highest BCUT2D eigenvalue weighted by atomic mass is 79.9. The Morgan fingerprint density at radius 1 is 1.30 bits per heavy atom. The van der Waals surface area contributed by atoms with Crippen LogP contribution in [0.25, 0.3) is 0 Å². The summed E-state index contributed by atoms with van der Waals surface area (Å²) >= 11 is 3.50. The van der Waals surface area contributed by atoms with Gasteiger partial charge in [0.05, 0.1) is 12.8 Å². The van der Waals surface area contributed by atoms with Gasteiger partial charge < -0.3 is 9.84 Å². The third kappa shape index (κ3) is 3.38. The van der Waals surface area contributed by atoms with Crippen LogP contribution in [-0.2, 0) is 6.42 Å². The van der Waals surface area contributed by atoms with Crippen molar-refractivity contribution in [2.75, 3.05) is 7.11 Å². The molecule has 0 aliphatic heterocycles. The summed E-state index contributed by atoms with van der Waals surface area (Å²) in [7, 11) is 1.63. The lowest BCUT2D eigenvalue weighted by Gasteiger charge is -2.15. The van der Waals surface area contributed by atoms with Crippen molar-refractivity contribution in [1.82, 2.24) is 4.98 Å². The minimum Gasteiger partial charge on any atom is -0.497 e. The monoisotopic (exact) mass is 335 g/mol. The number of methoxy groups -OCH3 is 1. The molecule has 0 radical (unpaired) electrons. The van der Waals surface area contributed by atoms with Crippen molar-refractivity contribution >= 4 is 15.9 Å². The summed E-state index contributed by atoms with van der Waals surface area (Å²) in [6.45, 7) is 3.97. The molecule has 1 unspecified atom stereocenters. The molecule has 2 aromatic rings. The van der Waals surface area contributed by atoms with Gasteiger partial charge in [-0.05, 0) is 48.7 Å². The van der Waals surface area contributed by atoms with Gasteiger partial charge in [0.1, 0.15) is 11.9 Å². The van der Waals surface area contributed by atoms with Crippen molar-refractivity contribution in [2.24, 2.45) is 0 Å². The third-order valence-electron chi connectivity index (χ3n) is 3.24. The summed E-state index contributed by atoms with van der Waals surface area (Å²) in [5.41, 5.74) is 3.83. The predicted molar refractivity (Wildman–Crippen MR) is 83.1 cm³/mol. The summed E-state index contributed by atoms with van der Waals surface area (Å²) in [6, 6.07) is 7.77. The zero-order valence-corrected chi connectivity index (χ0v) is 13.4. The number of aliphatic hydroxyl groups excluding tert-OH is 1. The van der Waals surface area contributed by atoms with Crippen LogP contribution in [0, 0.1) is 13.8 Å². The molecule has 0 fully saturated rings. The summed E-state index contributed by atoms with van der Waals surface area (Å²) in [6.07, 6.45) is 1.65. The molecular formula is C16H18BrNO2. The van der Waals surface area contributed by atoms with E-state index in [1.807, 2.05) is 38.1 Å². The lowest BCUT2D eigenvalue weighted by molar-refractivity contribution is 0.172. The maximum absolute atomic E-state index is 10.4. The highest BCUT2D eigenvalue weighted by Gasteiger charge is 2.15. The zero-order valence-electron chi connectivity index (χ0n) is 11.9. The van der Waals surface area contributed by atoms with Crippen LogP contribution in [0.2, 0.25) is 0 Å². The Hall–Kier alpha value is -1.39. The molecule has 0 aliphatic carbocycles. The van der Waals surface area contributed by atoms with Crippen molar-refractivity contribution in [3.63, 3.8) is 0 Å².